The van der Waals surface area contributed by atoms with Crippen molar-refractivity contribution >= 4 is 5.97 Å². The normalized spacial score (nSPS) is 14.4. The third-order valence-electron chi connectivity index (χ3n) is 6.60. The predicted octanol–water partition coefficient (Wildman–Crippen LogP) is 7.81. The Labute approximate surface area is 225 Å². The fourth-order valence-electron chi connectivity index (χ4n) is 4.87. The molecule has 2 aromatic carbocycles. The van der Waals surface area contributed by atoms with E-state index >= 15 is 0 Å². The Hall–Kier alpha value is -3.41. The molecule has 1 saturated carbocycles. The molecule has 0 radical (unpaired) electrons. The van der Waals surface area contributed by atoms with Gasteiger partial charge in [0.25, 0.3) is 0 Å². The molecule has 1 aromatic heterocycles. The first-order chi connectivity index (χ1) is 18.0. The summed E-state index contributed by atoms with van der Waals surface area (Å²) in [6.07, 6.45) is 4.62. The van der Waals surface area contributed by atoms with E-state index in [9.17, 15) is 14.3 Å². The fraction of sp³-hybridized carbons (Fsp3) is 0.438. The lowest BCUT2D eigenvalue weighted by atomic mass is 9.86. The molecule has 0 amide bonds. The largest absolute Gasteiger partial charge is 0.491 e. The van der Waals surface area contributed by atoms with Crippen LogP contribution in [0.4, 0.5) is 4.39 Å². The number of hydrogen-bond acceptors (Lipinski definition) is 4. The van der Waals surface area contributed by atoms with Crippen LogP contribution in [-0.2, 0) is 17.8 Å². The van der Waals surface area contributed by atoms with E-state index in [2.05, 4.69) is 31.8 Å². The Morgan fingerprint density at radius 2 is 1.87 bits per heavy atom. The first-order valence-electron chi connectivity index (χ1n) is 13.4. The first kappa shape index (κ1) is 27.6. The lowest BCUT2D eigenvalue weighted by Crippen LogP contribution is -2.12. The topological polar surface area (TPSA) is 68.7 Å². The lowest BCUT2D eigenvalue weighted by Gasteiger charge is -2.21. The summed E-state index contributed by atoms with van der Waals surface area (Å²) in [5, 5.41) is 9.36. The maximum absolute atomic E-state index is 15.0. The number of carboxylic acids is 1. The summed E-state index contributed by atoms with van der Waals surface area (Å²) >= 11 is 0. The minimum atomic E-state index is -0.765. The Kier molecular flexibility index (Phi) is 8.39. The number of ether oxygens (including phenoxy) is 2. The molecule has 0 bridgehead atoms. The number of nitrogens with zero attached hydrogens (tertiary/aromatic N) is 1. The van der Waals surface area contributed by atoms with Crippen LogP contribution < -0.4 is 9.47 Å². The van der Waals surface area contributed by atoms with Gasteiger partial charge in [-0.3, -0.25) is 9.78 Å². The fourth-order valence-corrected chi connectivity index (χ4v) is 4.87. The predicted molar refractivity (Wildman–Crippen MR) is 147 cm³/mol. The number of aliphatic carboxylic acids is 1. The average molecular weight is 520 g/mol. The van der Waals surface area contributed by atoms with Crippen LogP contribution in [-0.4, -0.2) is 22.2 Å². The Morgan fingerprint density at radius 1 is 1.11 bits per heavy atom. The van der Waals surface area contributed by atoms with Crippen molar-refractivity contribution in [3.8, 4) is 22.8 Å². The standard InChI is InChI=1S/C32H38FNO4/c1-20(2)38-25-11-12-29(33)28(15-25)31-24(17-32(3,4)5)14-26(18-34-31)37-19-21-7-6-8-23(13-21)27(16-30(35)36)22-9-10-22/h6-8,11-15,18,20,22,27H,9-10,16-17,19H2,1-5H3,(H,35,36). The van der Waals surface area contributed by atoms with Crippen molar-refractivity contribution in [1.82, 2.24) is 4.98 Å². The molecular formula is C32H38FNO4. The number of hydrogen-bond donors (Lipinski definition) is 1. The molecule has 202 valence electrons. The van der Waals surface area contributed by atoms with Gasteiger partial charge in [0.15, 0.2) is 0 Å². The third-order valence-corrected chi connectivity index (χ3v) is 6.60. The van der Waals surface area contributed by atoms with Gasteiger partial charge in [-0.15, -0.1) is 0 Å². The molecule has 6 heteroatoms. The van der Waals surface area contributed by atoms with Crippen LogP contribution in [0.5, 0.6) is 11.5 Å². The van der Waals surface area contributed by atoms with Crippen LogP contribution in [0.15, 0.2) is 54.7 Å². The molecule has 1 aliphatic rings. The zero-order chi connectivity index (χ0) is 27.4. The van der Waals surface area contributed by atoms with Gasteiger partial charge in [-0.2, -0.15) is 0 Å². The number of halogens is 1. The van der Waals surface area contributed by atoms with Crippen molar-refractivity contribution in [2.24, 2.45) is 11.3 Å². The van der Waals surface area contributed by atoms with Crippen LogP contribution in [0.25, 0.3) is 11.3 Å². The SMILES string of the molecule is CC(C)Oc1ccc(F)c(-c2ncc(OCc3cccc(C(CC(=O)O)C4CC4)c3)cc2CC(C)(C)C)c1. The third kappa shape index (κ3) is 7.56. The molecule has 5 nitrogen and oxygen atoms in total. The average Bonchev–Trinajstić information content (AvgIpc) is 3.67. The van der Waals surface area contributed by atoms with Gasteiger partial charge in [-0.25, -0.2) is 4.39 Å². The van der Waals surface area contributed by atoms with E-state index in [-0.39, 0.29) is 29.7 Å². The number of aromatic nitrogens is 1. The Balaban J connectivity index is 1.58. The number of benzene rings is 2. The van der Waals surface area contributed by atoms with E-state index < -0.39 is 5.97 Å². The highest BCUT2D eigenvalue weighted by molar-refractivity contribution is 5.68. The van der Waals surface area contributed by atoms with Crippen LogP contribution >= 0.6 is 0 Å². The van der Waals surface area contributed by atoms with Crippen LogP contribution in [0.2, 0.25) is 0 Å². The van der Waals surface area contributed by atoms with E-state index in [1.165, 1.54) is 6.07 Å². The van der Waals surface area contributed by atoms with Crippen molar-refractivity contribution in [2.75, 3.05) is 0 Å². The zero-order valence-corrected chi connectivity index (χ0v) is 23.0. The maximum Gasteiger partial charge on any atom is 0.303 e. The van der Waals surface area contributed by atoms with Crippen molar-refractivity contribution in [2.45, 2.75) is 78.9 Å². The molecule has 1 aliphatic carbocycles. The minimum Gasteiger partial charge on any atom is -0.491 e. The number of pyridine rings is 1. The minimum absolute atomic E-state index is 0.0201. The summed E-state index contributed by atoms with van der Waals surface area (Å²) in [6, 6.07) is 14.7. The van der Waals surface area contributed by atoms with Crippen LogP contribution in [0.3, 0.4) is 0 Å². The summed E-state index contributed by atoms with van der Waals surface area (Å²) < 4.78 is 26.9. The van der Waals surface area contributed by atoms with Gasteiger partial charge in [0.2, 0.25) is 0 Å². The van der Waals surface area contributed by atoms with Gasteiger partial charge < -0.3 is 14.6 Å². The van der Waals surface area contributed by atoms with Gasteiger partial charge in [-0.1, -0.05) is 45.0 Å². The Bertz CT molecular complexity index is 1280. The summed E-state index contributed by atoms with van der Waals surface area (Å²) in [5.41, 5.74) is 3.88. The number of rotatable bonds is 11. The van der Waals surface area contributed by atoms with E-state index in [1.54, 1.807) is 18.3 Å². The molecule has 1 heterocycles. The van der Waals surface area contributed by atoms with E-state index in [1.807, 2.05) is 38.1 Å². The molecule has 0 aliphatic heterocycles. The highest BCUT2D eigenvalue weighted by Crippen LogP contribution is 2.44. The van der Waals surface area contributed by atoms with E-state index in [4.69, 9.17) is 9.47 Å². The molecule has 0 saturated heterocycles. The van der Waals surface area contributed by atoms with Gasteiger partial charge in [0.05, 0.1) is 24.4 Å². The number of carboxylic acid groups (broad SMARTS) is 1. The van der Waals surface area contributed by atoms with Gasteiger partial charge in [0.1, 0.15) is 23.9 Å². The smallest absolute Gasteiger partial charge is 0.303 e. The van der Waals surface area contributed by atoms with Crippen molar-refractivity contribution in [1.29, 1.82) is 0 Å². The summed E-state index contributed by atoms with van der Waals surface area (Å²) in [5.74, 6) is 0.589. The zero-order valence-electron chi connectivity index (χ0n) is 23.0. The summed E-state index contributed by atoms with van der Waals surface area (Å²) in [7, 11) is 0. The summed E-state index contributed by atoms with van der Waals surface area (Å²) in [4.78, 5) is 16.0. The molecule has 38 heavy (non-hydrogen) atoms. The van der Waals surface area contributed by atoms with Crippen molar-refractivity contribution < 1.29 is 23.8 Å². The molecule has 3 aromatic rings. The van der Waals surface area contributed by atoms with Crippen molar-refractivity contribution in [3.63, 3.8) is 0 Å². The molecule has 4 rings (SSSR count). The molecule has 1 N–H and O–H groups in total. The molecule has 1 unspecified atom stereocenters. The van der Waals surface area contributed by atoms with Crippen LogP contribution in [0.1, 0.15) is 76.5 Å². The second-order valence-corrected chi connectivity index (χ2v) is 11.8. The Morgan fingerprint density at radius 3 is 2.53 bits per heavy atom. The van der Waals surface area contributed by atoms with Crippen molar-refractivity contribution in [3.05, 3.63) is 77.2 Å². The van der Waals surface area contributed by atoms with Crippen LogP contribution in [0, 0.1) is 17.2 Å². The van der Waals surface area contributed by atoms with Gasteiger partial charge in [-0.05, 0) is 91.3 Å². The quantitative estimate of drug-likeness (QED) is 0.280. The monoisotopic (exact) mass is 519 g/mol. The molecular weight excluding hydrogens is 481 g/mol. The molecule has 1 fully saturated rings. The molecule has 0 spiro atoms. The van der Waals surface area contributed by atoms with Gasteiger partial charge in [0, 0.05) is 5.56 Å². The first-order valence-corrected chi connectivity index (χ1v) is 13.4. The highest BCUT2D eigenvalue weighted by Gasteiger charge is 2.33. The van der Waals surface area contributed by atoms with E-state index in [0.29, 0.717) is 41.7 Å². The maximum atomic E-state index is 15.0. The highest BCUT2D eigenvalue weighted by atomic mass is 19.1. The molecule has 1 atom stereocenters. The van der Waals surface area contributed by atoms with E-state index in [0.717, 1.165) is 29.5 Å². The number of carbonyl (C=O) groups is 1. The second-order valence-electron chi connectivity index (χ2n) is 11.8. The lowest BCUT2D eigenvalue weighted by molar-refractivity contribution is -0.137. The van der Waals surface area contributed by atoms with Gasteiger partial charge >= 0.3 is 5.97 Å². The summed E-state index contributed by atoms with van der Waals surface area (Å²) in [6.45, 7) is 10.6. The second kappa shape index (κ2) is 11.5.